The number of amides is 1. The third-order valence-electron chi connectivity index (χ3n) is 3.69. The van der Waals surface area contributed by atoms with Crippen LogP contribution in [0.2, 0.25) is 0 Å². The van der Waals surface area contributed by atoms with Gasteiger partial charge in [0.1, 0.15) is 0 Å². The number of nitrogen functional groups attached to an aromatic ring is 1. The zero-order valence-electron chi connectivity index (χ0n) is 14.1. The third-order valence-corrected chi connectivity index (χ3v) is 5.26. The molecule has 0 saturated heterocycles. The Balaban J connectivity index is 1.66. The van der Waals surface area contributed by atoms with Gasteiger partial charge in [0.25, 0.3) is 15.9 Å². The Kier molecular flexibility index (Phi) is 5.15. The first kappa shape index (κ1) is 18.5. The molecule has 2 aromatic carbocycles. The van der Waals surface area contributed by atoms with E-state index in [2.05, 4.69) is 0 Å². The molecule has 27 heavy (non-hydrogen) atoms. The summed E-state index contributed by atoms with van der Waals surface area (Å²) < 4.78 is 35.3. The fourth-order valence-electron chi connectivity index (χ4n) is 2.27. The molecule has 0 atom stereocenters. The van der Waals surface area contributed by atoms with Gasteiger partial charge in [0.05, 0.1) is 4.90 Å². The monoisotopic (exact) mass is 387 g/mol. The molecular weight excluding hydrogens is 370 g/mol. The highest BCUT2D eigenvalue weighted by molar-refractivity contribution is 7.89. The molecular formula is C18H17N3O5S. The zero-order chi connectivity index (χ0) is 19.4. The normalized spacial score (nSPS) is 13.4. The second kappa shape index (κ2) is 7.52. The summed E-state index contributed by atoms with van der Waals surface area (Å²) in [5.74, 6) is 5.90. The summed E-state index contributed by atoms with van der Waals surface area (Å²) in [6.07, 6.45) is 5.75. The number of allylic oxidation sites excluding steroid dienone is 2. The zero-order valence-corrected chi connectivity index (χ0v) is 14.9. The molecule has 8 nitrogen and oxygen atoms in total. The van der Waals surface area contributed by atoms with Crippen molar-refractivity contribution in [3.63, 3.8) is 0 Å². The first-order valence-electron chi connectivity index (χ1n) is 7.82. The van der Waals surface area contributed by atoms with Crippen LogP contribution in [0.25, 0.3) is 6.08 Å². The molecule has 0 spiro atoms. The van der Waals surface area contributed by atoms with E-state index in [-0.39, 0.29) is 16.1 Å². The molecule has 0 aliphatic carbocycles. The summed E-state index contributed by atoms with van der Waals surface area (Å²) in [5, 5.41) is 0. The minimum atomic E-state index is -4.15. The fourth-order valence-corrected chi connectivity index (χ4v) is 3.27. The highest BCUT2D eigenvalue weighted by Gasteiger charge is 2.24. The SMILES string of the molecule is Nc1ccc(S(=O)(=O)N(N)C(=O)C=CC=Cc2ccc3c(c2)OCO3)cc1. The standard InChI is InChI=1S/C18H17N3O5S/c19-14-6-8-15(9-7-14)27(23,24)21(20)18(22)4-2-1-3-13-5-10-16-17(11-13)26-12-25-16/h1-11H,12,19-20H2. The lowest BCUT2D eigenvalue weighted by Gasteiger charge is -2.14. The maximum atomic E-state index is 12.3. The van der Waals surface area contributed by atoms with Crippen molar-refractivity contribution >= 4 is 27.7 Å². The van der Waals surface area contributed by atoms with Gasteiger partial charge in [-0.3, -0.25) is 4.79 Å². The topological polar surface area (TPSA) is 125 Å². The molecule has 2 aromatic rings. The van der Waals surface area contributed by atoms with Crippen LogP contribution in [0.1, 0.15) is 5.56 Å². The lowest BCUT2D eigenvalue weighted by atomic mass is 10.2. The van der Waals surface area contributed by atoms with Crippen LogP contribution in [-0.4, -0.2) is 25.5 Å². The highest BCUT2D eigenvalue weighted by atomic mass is 32.2. The molecule has 1 amide bonds. The van der Waals surface area contributed by atoms with Crippen molar-refractivity contribution in [2.45, 2.75) is 4.90 Å². The molecule has 0 radical (unpaired) electrons. The third kappa shape index (κ3) is 4.10. The average molecular weight is 387 g/mol. The first-order valence-corrected chi connectivity index (χ1v) is 9.26. The van der Waals surface area contributed by atoms with Gasteiger partial charge in [-0.25, -0.2) is 5.84 Å². The van der Waals surface area contributed by atoms with E-state index in [0.29, 0.717) is 17.2 Å². The number of nitrogens with zero attached hydrogens (tertiary/aromatic N) is 1. The second-order valence-corrected chi connectivity index (χ2v) is 7.35. The smallest absolute Gasteiger partial charge is 0.280 e. The fraction of sp³-hybridized carbons (Fsp3) is 0.0556. The summed E-state index contributed by atoms with van der Waals surface area (Å²) in [4.78, 5) is 11.9. The van der Waals surface area contributed by atoms with Gasteiger partial charge in [-0.15, -0.1) is 0 Å². The van der Waals surface area contributed by atoms with Gasteiger partial charge in [-0.05, 0) is 42.0 Å². The summed E-state index contributed by atoms with van der Waals surface area (Å²) in [5.41, 5.74) is 6.75. The van der Waals surface area contributed by atoms with Crippen molar-refractivity contribution in [3.05, 3.63) is 66.3 Å². The lowest BCUT2D eigenvalue weighted by Crippen LogP contribution is -2.41. The molecule has 1 aliphatic rings. The number of nitrogens with two attached hydrogens (primary N) is 2. The first-order chi connectivity index (χ1) is 12.9. The van der Waals surface area contributed by atoms with E-state index in [1.807, 2.05) is 6.07 Å². The molecule has 0 fully saturated rings. The van der Waals surface area contributed by atoms with E-state index in [9.17, 15) is 13.2 Å². The Bertz CT molecular complexity index is 1010. The molecule has 0 unspecified atom stereocenters. The van der Waals surface area contributed by atoms with Gasteiger partial charge in [0, 0.05) is 11.8 Å². The van der Waals surface area contributed by atoms with E-state index >= 15 is 0 Å². The molecule has 1 heterocycles. The summed E-state index contributed by atoms with van der Waals surface area (Å²) in [6, 6.07) is 10.8. The van der Waals surface area contributed by atoms with Crippen molar-refractivity contribution in [2.75, 3.05) is 12.5 Å². The Morgan fingerprint density at radius 2 is 1.74 bits per heavy atom. The summed E-state index contributed by atoms with van der Waals surface area (Å²) >= 11 is 0. The molecule has 0 bridgehead atoms. The van der Waals surface area contributed by atoms with E-state index in [0.717, 1.165) is 11.6 Å². The van der Waals surface area contributed by atoms with Gasteiger partial charge < -0.3 is 15.2 Å². The van der Waals surface area contributed by atoms with Crippen LogP contribution >= 0.6 is 0 Å². The number of sulfonamides is 1. The van der Waals surface area contributed by atoms with E-state index in [4.69, 9.17) is 21.1 Å². The average Bonchev–Trinajstić information content (AvgIpc) is 3.12. The number of ether oxygens (including phenoxy) is 2. The van der Waals surface area contributed by atoms with Crippen LogP contribution < -0.4 is 21.1 Å². The molecule has 140 valence electrons. The Hall–Kier alpha value is -3.30. The number of hydrazine groups is 1. The van der Waals surface area contributed by atoms with E-state index in [1.54, 1.807) is 24.3 Å². The quantitative estimate of drug-likeness (QED) is 0.200. The summed E-state index contributed by atoms with van der Waals surface area (Å²) in [7, 11) is -4.15. The minimum absolute atomic E-state index is 0.128. The van der Waals surface area contributed by atoms with Gasteiger partial charge >= 0.3 is 0 Å². The van der Waals surface area contributed by atoms with Crippen molar-refractivity contribution in [2.24, 2.45) is 5.84 Å². The number of hydrogen-bond acceptors (Lipinski definition) is 7. The van der Waals surface area contributed by atoms with Crippen molar-refractivity contribution in [1.82, 2.24) is 4.41 Å². The van der Waals surface area contributed by atoms with Crippen molar-refractivity contribution < 1.29 is 22.7 Å². The Morgan fingerprint density at radius 3 is 2.48 bits per heavy atom. The Morgan fingerprint density at radius 1 is 1.04 bits per heavy atom. The van der Waals surface area contributed by atoms with Gasteiger partial charge in [-0.1, -0.05) is 24.3 Å². The van der Waals surface area contributed by atoms with Crippen LogP contribution in [0.15, 0.2) is 65.6 Å². The molecule has 9 heteroatoms. The minimum Gasteiger partial charge on any atom is -0.454 e. The predicted molar refractivity (Wildman–Crippen MR) is 99.8 cm³/mol. The summed E-state index contributed by atoms with van der Waals surface area (Å²) in [6.45, 7) is 0.186. The van der Waals surface area contributed by atoms with Crippen LogP contribution in [0.4, 0.5) is 5.69 Å². The van der Waals surface area contributed by atoms with E-state index in [1.165, 1.54) is 30.3 Å². The van der Waals surface area contributed by atoms with Crippen LogP contribution in [0.3, 0.4) is 0 Å². The molecule has 0 saturated carbocycles. The number of fused-ring (bicyclic) bond motifs is 1. The van der Waals surface area contributed by atoms with Gasteiger partial charge in [0.15, 0.2) is 11.5 Å². The lowest BCUT2D eigenvalue weighted by molar-refractivity contribution is -0.121. The van der Waals surface area contributed by atoms with Gasteiger partial charge in [0.2, 0.25) is 6.79 Å². The number of rotatable bonds is 5. The van der Waals surface area contributed by atoms with E-state index < -0.39 is 15.9 Å². The van der Waals surface area contributed by atoms with Crippen LogP contribution in [0, 0.1) is 0 Å². The highest BCUT2D eigenvalue weighted by Crippen LogP contribution is 2.32. The van der Waals surface area contributed by atoms with Crippen molar-refractivity contribution in [3.8, 4) is 11.5 Å². The molecule has 1 aliphatic heterocycles. The maximum absolute atomic E-state index is 12.3. The number of carbonyl (C=O) groups is 1. The van der Waals surface area contributed by atoms with Crippen LogP contribution in [0.5, 0.6) is 11.5 Å². The predicted octanol–water partition coefficient (Wildman–Crippen LogP) is 1.66. The second-order valence-electron chi connectivity index (χ2n) is 5.54. The molecule has 4 N–H and O–H groups in total. The maximum Gasteiger partial charge on any atom is 0.280 e. The number of benzene rings is 2. The Labute approximate surface area is 156 Å². The van der Waals surface area contributed by atoms with Gasteiger partial charge in [-0.2, -0.15) is 12.8 Å². The number of carbonyl (C=O) groups excluding carboxylic acids is 1. The largest absolute Gasteiger partial charge is 0.454 e. The molecule has 3 rings (SSSR count). The van der Waals surface area contributed by atoms with Crippen LogP contribution in [-0.2, 0) is 14.8 Å². The van der Waals surface area contributed by atoms with Crippen molar-refractivity contribution in [1.29, 1.82) is 0 Å². The number of anilines is 1. The molecule has 0 aromatic heterocycles. The number of hydrogen-bond donors (Lipinski definition) is 2.